The molecule has 1 aliphatic heterocycles. The van der Waals surface area contributed by atoms with E-state index in [9.17, 15) is 0 Å². The van der Waals surface area contributed by atoms with E-state index in [4.69, 9.17) is 0 Å². The minimum absolute atomic E-state index is 0. The highest BCUT2D eigenvalue weighted by molar-refractivity contribution is 5.85. The van der Waals surface area contributed by atoms with Gasteiger partial charge < -0.3 is 5.32 Å². The molecule has 1 N–H and O–H groups in total. The Morgan fingerprint density at radius 1 is 1.28 bits per heavy atom. The van der Waals surface area contributed by atoms with E-state index in [2.05, 4.69) is 52.4 Å². The number of benzene rings is 1. The molecule has 4 heteroatoms. The van der Waals surface area contributed by atoms with Crippen molar-refractivity contribution in [1.29, 1.82) is 0 Å². The van der Waals surface area contributed by atoms with Gasteiger partial charge in [0.25, 0.3) is 0 Å². The van der Waals surface area contributed by atoms with Crippen LogP contribution in [0.25, 0.3) is 0 Å². The van der Waals surface area contributed by atoms with Gasteiger partial charge in [-0.2, -0.15) is 5.10 Å². The van der Waals surface area contributed by atoms with Gasteiger partial charge in [-0.3, -0.25) is 4.68 Å². The van der Waals surface area contributed by atoms with Gasteiger partial charge in [0.05, 0.1) is 17.9 Å². The van der Waals surface area contributed by atoms with Crippen LogP contribution in [-0.2, 0) is 19.5 Å². The Hall–Kier alpha value is -1.32. The molecule has 1 aliphatic rings. The Morgan fingerprint density at radius 2 is 2.06 bits per heavy atom. The zero-order valence-corrected chi connectivity index (χ0v) is 11.3. The van der Waals surface area contributed by atoms with Crippen molar-refractivity contribution in [2.75, 3.05) is 6.54 Å². The second-order valence-corrected chi connectivity index (χ2v) is 4.58. The molecular formula is C14H18ClN3. The Kier molecular flexibility index (Phi) is 4.04. The standard InChI is InChI=1S/C14H17N3.ClH/c1-11-13-7-8-15-9-14(13)17(16-11)10-12-5-3-2-4-6-12;/h2-6,15H,7-10H2,1H3;1H. The molecule has 0 spiro atoms. The third kappa shape index (κ3) is 2.42. The summed E-state index contributed by atoms with van der Waals surface area (Å²) >= 11 is 0. The van der Waals surface area contributed by atoms with Crippen LogP contribution in [0.2, 0.25) is 0 Å². The second kappa shape index (κ2) is 5.55. The van der Waals surface area contributed by atoms with E-state index in [1.54, 1.807) is 0 Å². The number of aryl methyl sites for hydroxylation is 1. The Morgan fingerprint density at radius 3 is 2.83 bits per heavy atom. The molecule has 3 nitrogen and oxygen atoms in total. The molecule has 0 radical (unpaired) electrons. The van der Waals surface area contributed by atoms with E-state index in [0.717, 1.165) is 26.1 Å². The largest absolute Gasteiger partial charge is 0.311 e. The van der Waals surface area contributed by atoms with Crippen LogP contribution in [0.5, 0.6) is 0 Å². The van der Waals surface area contributed by atoms with Crippen LogP contribution in [0.3, 0.4) is 0 Å². The summed E-state index contributed by atoms with van der Waals surface area (Å²) in [6.07, 6.45) is 1.11. The second-order valence-electron chi connectivity index (χ2n) is 4.58. The van der Waals surface area contributed by atoms with Crippen molar-refractivity contribution >= 4 is 12.4 Å². The molecule has 2 heterocycles. The van der Waals surface area contributed by atoms with Gasteiger partial charge in [0, 0.05) is 6.54 Å². The summed E-state index contributed by atoms with van der Waals surface area (Å²) in [5.74, 6) is 0. The average molecular weight is 264 g/mol. The predicted molar refractivity (Wildman–Crippen MR) is 75.2 cm³/mol. The summed E-state index contributed by atoms with van der Waals surface area (Å²) in [6.45, 7) is 5.01. The van der Waals surface area contributed by atoms with Gasteiger partial charge in [0.2, 0.25) is 0 Å². The molecular weight excluding hydrogens is 246 g/mol. The van der Waals surface area contributed by atoms with Gasteiger partial charge in [-0.25, -0.2) is 0 Å². The third-order valence-electron chi connectivity index (χ3n) is 3.39. The maximum absolute atomic E-state index is 4.66. The van der Waals surface area contributed by atoms with Gasteiger partial charge in [-0.05, 0) is 31.0 Å². The first kappa shape index (κ1) is 13.1. The molecule has 18 heavy (non-hydrogen) atoms. The van der Waals surface area contributed by atoms with Crippen molar-refractivity contribution in [2.24, 2.45) is 0 Å². The summed E-state index contributed by atoms with van der Waals surface area (Å²) in [6, 6.07) is 10.5. The molecule has 1 aromatic carbocycles. The minimum atomic E-state index is 0. The smallest absolute Gasteiger partial charge is 0.0663 e. The van der Waals surface area contributed by atoms with Crippen molar-refractivity contribution in [1.82, 2.24) is 15.1 Å². The van der Waals surface area contributed by atoms with E-state index in [1.165, 1.54) is 22.5 Å². The van der Waals surface area contributed by atoms with Crippen LogP contribution in [0.15, 0.2) is 30.3 Å². The zero-order chi connectivity index (χ0) is 11.7. The van der Waals surface area contributed by atoms with E-state index in [-0.39, 0.29) is 12.4 Å². The van der Waals surface area contributed by atoms with Crippen molar-refractivity contribution in [3.05, 3.63) is 52.8 Å². The molecule has 0 bridgehead atoms. The summed E-state index contributed by atoms with van der Waals surface area (Å²) in [5, 5.41) is 8.08. The number of hydrogen-bond donors (Lipinski definition) is 1. The predicted octanol–water partition coefficient (Wildman–Crippen LogP) is 2.31. The normalized spacial score (nSPS) is 13.8. The first-order valence-electron chi connectivity index (χ1n) is 6.14. The highest BCUT2D eigenvalue weighted by Gasteiger charge is 2.17. The molecule has 0 unspecified atom stereocenters. The van der Waals surface area contributed by atoms with Gasteiger partial charge >= 0.3 is 0 Å². The lowest BCUT2D eigenvalue weighted by molar-refractivity contribution is 0.570. The number of hydrogen-bond acceptors (Lipinski definition) is 2. The summed E-state index contributed by atoms with van der Waals surface area (Å²) in [7, 11) is 0. The quantitative estimate of drug-likeness (QED) is 0.901. The lowest BCUT2D eigenvalue weighted by Gasteiger charge is -2.15. The van der Waals surface area contributed by atoms with E-state index in [1.807, 2.05) is 0 Å². The number of fused-ring (bicyclic) bond motifs is 1. The number of rotatable bonds is 2. The van der Waals surface area contributed by atoms with Crippen LogP contribution in [0.4, 0.5) is 0 Å². The van der Waals surface area contributed by atoms with Gasteiger partial charge in [-0.1, -0.05) is 30.3 Å². The number of nitrogens with one attached hydrogen (secondary N) is 1. The average Bonchev–Trinajstić information content (AvgIpc) is 2.69. The first-order valence-corrected chi connectivity index (χ1v) is 6.14. The Bertz CT molecular complexity index is 519. The first-order chi connectivity index (χ1) is 8.34. The molecule has 0 aliphatic carbocycles. The van der Waals surface area contributed by atoms with E-state index < -0.39 is 0 Å². The monoisotopic (exact) mass is 263 g/mol. The van der Waals surface area contributed by atoms with Crippen LogP contribution >= 0.6 is 12.4 Å². The van der Waals surface area contributed by atoms with Crippen LogP contribution in [0, 0.1) is 6.92 Å². The minimum Gasteiger partial charge on any atom is -0.311 e. The summed E-state index contributed by atoms with van der Waals surface area (Å²) < 4.78 is 2.14. The van der Waals surface area contributed by atoms with Crippen LogP contribution < -0.4 is 5.32 Å². The van der Waals surface area contributed by atoms with Crippen molar-refractivity contribution in [3.8, 4) is 0 Å². The maximum Gasteiger partial charge on any atom is 0.0663 e. The number of aromatic nitrogens is 2. The molecule has 0 saturated carbocycles. The maximum atomic E-state index is 4.66. The van der Waals surface area contributed by atoms with E-state index in [0.29, 0.717) is 0 Å². The van der Waals surface area contributed by atoms with E-state index >= 15 is 0 Å². The molecule has 96 valence electrons. The highest BCUT2D eigenvalue weighted by atomic mass is 35.5. The molecule has 0 amide bonds. The summed E-state index contributed by atoms with van der Waals surface area (Å²) in [5.41, 5.74) is 5.30. The molecule has 0 fully saturated rings. The molecule has 2 aromatic rings. The highest BCUT2D eigenvalue weighted by Crippen LogP contribution is 2.18. The zero-order valence-electron chi connectivity index (χ0n) is 10.5. The number of nitrogens with zero attached hydrogens (tertiary/aromatic N) is 2. The number of halogens is 1. The fraction of sp³-hybridized carbons (Fsp3) is 0.357. The molecule has 0 atom stereocenters. The van der Waals surface area contributed by atoms with Crippen molar-refractivity contribution in [2.45, 2.75) is 26.4 Å². The molecule has 3 rings (SSSR count). The van der Waals surface area contributed by atoms with Crippen LogP contribution in [-0.4, -0.2) is 16.3 Å². The van der Waals surface area contributed by atoms with Gasteiger partial charge in [0.15, 0.2) is 0 Å². The Balaban J connectivity index is 0.00000120. The topological polar surface area (TPSA) is 29.9 Å². The van der Waals surface area contributed by atoms with Crippen molar-refractivity contribution in [3.63, 3.8) is 0 Å². The fourth-order valence-electron chi connectivity index (χ4n) is 2.50. The third-order valence-corrected chi connectivity index (χ3v) is 3.39. The summed E-state index contributed by atoms with van der Waals surface area (Å²) in [4.78, 5) is 0. The molecule has 1 aromatic heterocycles. The van der Waals surface area contributed by atoms with Crippen LogP contribution in [0.1, 0.15) is 22.5 Å². The van der Waals surface area contributed by atoms with Gasteiger partial charge in [0.1, 0.15) is 0 Å². The van der Waals surface area contributed by atoms with Crippen molar-refractivity contribution < 1.29 is 0 Å². The lowest BCUT2D eigenvalue weighted by Crippen LogP contribution is -2.25. The lowest BCUT2D eigenvalue weighted by atomic mass is 10.1. The Labute approximate surface area is 114 Å². The van der Waals surface area contributed by atoms with Gasteiger partial charge in [-0.15, -0.1) is 12.4 Å². The fourth-order valence-corrected chi connectivity index (χ4v) is 2.50. The molecule has 0 saturated heterocycles. The SMILES string of the molecule is Cc1nn(Cc2ccccc2)c2c1CCNC2.Cl.